The number of fused-ring (bicyclic) bond motifs is 3. The standard InChI is InChI=1S/C16H15N3O3S/c20-15-13-11-3-1-2-4-12(11)23-16(13)18-14(17-15)9-5-7-10(8-6-9)19(21)22/h5-8,14,18H,1-4H2,(H,17,20)/t14-/m1/s1. The molecule has 1 amide bonds. The molecule has 0 bridgehead atoms. The van der Waals surface area contributed by atoms with Crippen LogP contribution in [0.4, 0.5) is 10.7 Å². The quantitative estimate of drug-likeness (QED) is 0.653. The summed E-state index contributed by atoms with van der Waals surface area (Å²) in [4.78, 5) is 24.1. The van der Waals surface area contributed by atoms with Crippen LogP contribution in [0.1, 0.15) is 45.4 Å². The number of thiophene rings is 1. The van der Waals surface area contributed by atoms with Crippen LogP contribution in [0.3, 0.4) is 0 Å². The molecule has 2 aromatic rings. The number of non-ortho nitro benzene ring substituents is 1. The largest absolute Gasteiger partial charge is 0.353 e. The molecule has 1 aromatic heterocycles. The fourth-order valence-corrected chi connectivity index (χ4v) is 4.55. The minimum absolute atomic E-state index is 0.0446. The highest BCUT2D eigenvalue weighted by Crippen LogP contribution is 2.41. The van der Waals surface area contributed by atoms with E-state index in [2.05, 4.69) is 10.6 Å². The molecule has 0 saturated heterocycles. The molecule has 0 spiro atoms. The zero-order valence-electron chi connectivity index (χ0n) is 12.3. The number of nitro benzene ring substituents is 1. The SMILES string of the molecule is O=C1N[C@@H](c2ccc([N+](=O)[O-])cc2)Nc2sc3c(c21)CCCC3. The van der Waals surface area contributed by atoms with E-state index in [1.54, 1.807) is 23.5 Å². The van der Waals surface area contributed by atoms with Crippen molar-refractivity contribution in [1.29, 1.82) is 0 Å². The second kappa shape index (κ2) is 5.34. The predicted molar refractivity (Wildman–Crippen MR) is 87.9 cm³/mol. The Morgan fingerprint density at radius 3 is 2.61 bits per heavy atom. The van der Waals surface area contributed by atoms with Gasteiger partial charge in [0.15, 0.2) is 0 Å². The first-order valence-electron chi connectivity index (χ1n) is 7.60. The van der Waals surface area contributed by atoms with Gasteiger partial charge in [-0.05, 0) is 48.9 Å². The van der Waals surface area contributed by atoms with E-state index in [0.29, 0.717) is 0 Å². The Balaban J connectivity index is 1.65. The number of rotatable bonds is 2. The first-order chi connectivity index (χ1) is 11.1. The van der Waals surface area contributed by atoms with Gasteiger partial charge in [0.05, 0.1) is 10.5 Å². The van der Waals surface area contributed by atoms with Crippen molar-refractivity contribution in [2.45, 2.75) is 31.8 Å². The Kier molecular flexibility index (Phi) is 3.30. The van der Waals surface area contributed by atoms with Gasteiger partial charge in [-0.2, -0.15) is 0 Å². The van der Waals surface area contributed by atoms with Crippen LogP contribution in [0.2, 0.25) is 0 Å². The van der Waals surface area contributed by atoms with Crippen molar-refractivity contribution < 1.29 is 9.72 Å². The van der Waals surface area contributed by atoms with E-state index in [-0.39, 0.29) is 17.8 Å². The monoisotopic (exact) mass is 329 g/mol. The molecule has 118 valence electrons. The Bertz CT molecular complexity index is 798. The molecule has 4 rings (SSSR count). The molecule has 7 heteroatoms. The number of anilines is 1. The Morgan fingerprint density at radius 1 is 1.13 bits per heavy atom. The number of aryl methyl sites for hydroxylation is 1. The van der Waals surface area contributed by atoms with Gasteiger partial charge in [0.2, 0.25) is 0 Å². The van der Waals surface area contributed by atoms with E-state index in [4.69, 9.17) is 0 Å². The lowest BCUT2D eigenvalue weighted by Gasteiger charge is -2.26. The van der Waals surface area contributed by atoms with E-state index < -0.39 is 4.92 Å². The zero-order chi connectivity index (χ0) is 16.0. The molecule has 23 heavy (non-hydrogen) atoms. The molecule has 1 atom stereocenters. The molecule has 1 aliphatic carbocycles. The van der Waals surface area contributed by atoms with E-state index >= 15 is 0 Å². The van der Waals surface area contributed by atoms with Crippen LogP contribution >= 0.6 is 11.3 Å². The number of amides is 1. The van der Waals surface area contributed by atoms with Gasteiger partial charge in [-0.3, -0.25) is 14.9 Å². The minimum atomic E-state index is -0.428. The summed E-state index contributed by atoms with van der Waals surface area (Å²) in [5.74, 6) is -0.0542. The van der Waals surface area contributed by atoms with Crippen molar-refractivity contribution in [2.24, 2.45) is 0 Å². The van der Waals surface area contributed by atoms with Crippen LogP contribution in [0.15, 0.2) is 24.3 Å². The summed E-state index contributed by atoms with van der Waals surface area (Å²) < 4.78 is 0. The summed E-state index contributed by atoms with van der Waals surface area (Å²) in [5.41, 5.74) is 2.84. The lowest BCUT2D eigenvalue weighted by atomic mass is 9.94. The van der Waals surface area contributed by atoms with Gasteiger partial charge in [-0.25, -0.2) is 0 Å². The summed E-state index contributed by atoms with van der Waals surface area (Å²) in [6, 6.07) is 6.26. The first-order valence-corrected chi connectivity index (χ1v) is 8.41. The minimum Gasteiger partial charge on any atom is -0.353 e. The van der Waals surface area contributed by atoms with E-state index in [0.717, 1.165) is 35.4 Å². The second-order valence-corrected chi connectivity index (χ2v) is 6.92. The second-order valence-electron chi connectivity index (χ2n) is 5.81. The topological polar surface area (TPSA) is 84.3 Å². The molecule has 6 nitrogen and oxygen atoms in total. The average molecular weight is 329 g/mol. The summed E-state index contributed by atoms with van der Waals surface area (Å²) in [5, 5.41) is 18.0. The lowest BCUT2D eigenvalue weighted by Crippen LogP contribution is -2.38. The van der Waals surface area contributed by atoms with Gasteiger partial charge in [0.1, 0.15) is 11.2 Å². The van der Waals surface area contributed by atoms with Crippen LogP contribution in [0.5, 0.6) is 0 Å². The smallest absolute Gasteiger partial charge is 0.269 e. The fourth-order valence-electron chi connectivity index (χ4n) is 3.23. The number of nitro groups is 1. The molecule has 0 radical (unpaired) electrons. The maximum Gasteiger partial charge on any atom is 0.269 e. The van der Waals surface area contributed by atoms with Crippen LogP contribution in [-0.2, 0) is 12.8 Å². The van der Waals surface area contributed by atoms with Gasteiger partial charge in [-0.15, -0.1) is 11.3 Å². The summed E-state index contributed by atoms with van der Waals surface area (Å²) >= 11 is 1.67. The molecule has 2 aliphatic rings. The molecular formula is C16H15N3O3S. The average Bonchev–Trinajstić information content (AvgIpc) is 2.93. The van der Waals surface area contributed by atoms with E-state index in [9.17, 15) is 14.9 Å². The Labute approximate surface area is 136 Å². The molecule has 0 saturated carbocycles. The number of carbonyl (C=O) groups excluding carboxylic acids is 1. The predicted octanol–water partition coefficient (Wildman–Crippen LogP) is 3.39. The normalized spacial score (nSPS) is 19.3. The van der Waals surface area contributed by atoms with Crippen LogP contribution in [0.25, 0.3) is 0 Å². The maximum atomic E-state index is 12.5. The molecule has 1 aromatic carbocycles. The Morgan fingerprint density at radius 2 is 1.87 bits per heavy atom. The summed E-state index contributed by atoms with van der Waals surface area (Å²) in [6.45, 7) is 0. The Hall–Kier alpha value is -2.41. The fraction of sp³-hybridized carbons (Fsp3) is 0.312. The van der Waals surface area contributed by atoms with Gasteiger partial charge in [-0.1, -0.05) is 0 Å². The molecular weight excluding hydrogens is 314 g/mol. The third-order valence-electron chi connectivity index (χ3n) is 4.39. The molecule has 0 fully saturated rings. The van der Waals surface area contributed by atoms with Crippen molar-refractivity contribution in [3.8, 4) is 0 Å². The van der Waals surface area contributed by atoms with Gasteiger partial charge in [0.25, 0.3) is 11.6 Å². The van der Waals surface area contributed by atoms with Crippen molar-refractivity contribution in [3.05, 3.63) is 55.9 Å². The van der Waals surface area contributed by atoms with Gasteiger partial charge >= 0.3 is 0 Å². The van der Waals surface area contributed by atoms with Crippen molar-refractivity contribution in [1.82, 2.24) is 5.32 Å². The summed E-state index contributed by atoms with van der Waals surface area (Å²) in [7, 11) is 0. The summed E-state index contributed by atoms with van der Waals surface area (Å²) in [6.07, 6.45) is 3.98. The molecule has 2 N–H and O–H groups in total. The first kappa shape index (κ1) is 14.2. The third-order valence-corrected chi connectivity index (χ3v) is 5.61. The van der Waals surface area contributed by atoms with Crippen molar-refractivity contribution >= 4 is 27.9 Å². The van der Waals surface area contributed by atoms with Crippen LogP contribution in [-0.4, -0.2) is 10.8 Å². The number of nitrogens with one attached hydrogen (secondary N) is 2. The van der Waals surface area contributed by atoms with Gasteiger partial charge < -0.3 is 10.6 Å². The molecule has 1 aliphatic heterocycles. The zero-order valence-corrected chi connectivity index (χ0v) is 13.1. The molecule has 2 heterocycles. The van der Waals surface area contributed by atoms with Crippen LogP contribution in [0, 0.1) is 10.1 Å². The van der Waals surface area contributed by atoms with Crippen molar-refractivity contribution in [3.63, 3.8) is 0 Å². The highest BCUT2D eigenvalue weighted by atomic mass is 32.1. The van der Waals surface area contributed by atoms with Crippen molar-refractivity contribution in [2.75, 3.05) is 5.32 Å². The number of hydrogen-bond acceptors (Lipinski definition) is 5. The van der Waals surface area contributed by atoms with E-state index in [1.165, 1.54) is 29.0 Å². The van der Waals surface area contributed by atoms with Gasteiger partial charge in [0, 0.05) is 17.0 Å². The number of hydrogen-bond donors (Lipinski definition) is 2. The number of carbonyl (C=O) groups is 1. The van der Waals surface area contributed by atoms with Crippen LogP contribution < -0.4 is 10.6 Å². The maximum absolute atomic E-state index is 12.5. The lowest BCUT2D eigenvalue weighted by molar-refractivity contribution is -0.384. The number of nitrogens with zero attached hydrogens (tertiary/aromatic N) is 1. The number of benzene rings is 1. The third kappa shape index (κ3) is 2.37. The molecule has 0 unspecified atom stereocenters. The highest BCUT2D eigenvalue weighted by Gasteiger charge is 2.31. The van der Waals surface area contributed by atoms with E-state index in [1.807, 2.05) is 0 Å². The highest BCUT2D eigenvalue weighted by molar-refractivity contribution is 7.16.